The number of hydrogen-bond donors (Lipinski definition) is 3. The summed E-state index contributed by atoms with van der Waals surface area (Å²) in [6, 6.07) is 2.46. The van der Waals surface area contributed by atoms with E-state index in [1.807, 2.05) is 13.8 Å². The van der Waals surface area contributed by atoms with E-state index < -0.39 is 11.8 Å². The summed E-state index contributed by atoms with van der Waals surface area (Å²) < 4.78 is 18.8. The van der Waals surface area contributed by atoms with Gasteiger partial charge >= 0.3 is 5.76 Å². The van der Waals surface area contributed by atoms with Crippen LogP contribution in [0.15, 0.2) is 26.3 Å². The van der Waals surface area contributed by atoms with Gasteiger partial charge in [0.25, 0.3) is 0 Å². The molecule has 6 nitrogen and oxygen atoms in total. The van der Waals surface area contributed by atoms with Crippen LogP contribution in [0, 0.1) is 19.7 Å². The highest BCUT2D eigenvalue weighted by atomic mass is 32.1. The van der Waals surface area contributed by atoms with Crippen LogP contribution in [0.4, 0.5) is 4.39 Å². The molecule has 0 aliphatic carbocycles. The number of aromatic amines is 1. The standard InChI is InChI=1S/C13H16FN3O2.C2H5N.CH4S/c1-6-4-5-9(14)10(7(6)2)8(3)11(15)12-16-17-13(18)19-12;1-3-2;1-2/h4-5,8,11H,15H2,1-3H3,(H,17,18);1H2,2H3;2H,1H3. The molecule has 1 heterocycles. The fourth-order valence-corrected chi connectivity index (χ4v) is 2.14. The molecule has 24 heavy (non-hydrogen) atoms. The van der Waals surface area contributed by atoms with E-state index in [0.29, 0.717) is 5.56 Å². The lowest BCUT2D eigenvalue weighted by molar-refractivity contribution is 0.396. The molecule has 2 aromatic rings. The van der Waals surface area contributed by atoms with Crippen LogP contribution < -0.4 is 11.5 Å². The van der Waals surface area contributed by atoms with E-state index in [4.69, 9.17) is 10.2 Å². The Hall–Kier alpha value is -1.93. The van der Waals surface area contributed by atoms with E-state index in [1.54, 1.807) is 26.3 Å². The van der Waals surface area contributed by atoms with E-state index in [1.165, 1.54) is 6.07 Å². The second kappa shape index (κ2) is 10.8. The van der Waals surface area contributed by atoms with Crippen LogP contribution in [0.3, 0.4) is 0 Å². The van der Waals surface area contributed by atoms with Gasteiger partial charge in [0.2, 0.25) is 5.89 Å². The lowest BCUT2D eigenvalue weighted by Gasteiger charge is -2.20. The lowest BCUT2D eigenvalue weighted by Crippen LogP contribution is -2.20. The first-order chi connectivity index (χ1) is 11.3. The molecule has 1 aromatic heterocycles. The summed E-state index contributed by atoms with van der Waals surface area (Å²) >= 11 is 3.53. The molecule has 0 aliphatic rings. The molecule has 0 amide bonds. The zero-order valence-electron chi connectivity index (χ0n) is 14.6. The van der Waals surface area contributed by atoms with Crippen LogP contribution in [0.2, 0.25) is 0 Å². The molecule has 2 rings (SSSR count). The third-order valence-electron chi connectivity index (χ3n) is 3.47. The minimum atomic E-state index is -0.686. The zero-order chi connectivity index (χ0) is 18.9. The van der Waals surface area contributed by atoms with E-state index in [9.17, 15) is 9.18 Å². The van der Waals surface area contributed by atoms with Gasteiger partial charge in [0.05, 0.1) is 6.04 Å². The molecule has 3 N–H and O–H groups in total. The number of aliphatic imine (C=N–C) groups is 1. The summed E-state index contributed by atoms with van der Waals surface area (Å²) in [4.78, 5) is 14.2. The fraction of sp³-hybridized carbons (Fsp3) is 0.438. The van der Waals surface area contributed by atoms with Crippen molar-refractivity contribution in [1.82, 2.24) is 10.2 Å². The lowest BCUT2D eigenvalue weighted by atomic mass is 9.88. The molecule has 2 unspecified atom stereocenters. The van der Waals surface area contributed by atoms with Gasteiger partial charge in [-0.2, -0.15) is 12.6 Å². The molecule has 0 spiro atoms. The highest BCUT2D eigenvalue weighted by molar-refractivity contribution is 7.79. The van der Waals surface area contributed by atoms with Gasteiger partial charge in [0.15, 0.2) is 0 Å². The Morgan fingerprint density at radius 3 is 2.42 bits per heavy atom. The molecule has 2 atom stereocenters. The third-order valence-corrected chi connectivity index (χ3v) is 3.47. The van der Waals surface area contributed by atoms with Crippen molar-refractivity contribution in [2.45, 2.75) is 32.7 Å². The Morgan fingerprint density at radius 2 is 1.96 bits per heavy atom. The van der Waals surface area contributed by atoms with Gasteiger partial charge in [-0.3, -0.25) is 0 Å². The van der Waals surface area contributed by atoms with Crippen molar-refractivity contribution in [1.29, 1.82) is 0 Å². The highest BCUT2D eigenvalue weighted by Crippen LogP contribution is 2.32. The average Bonchev–Trinajstić information content (AvgIpc) is 2.99. The van der Waals surface area contributed by atoms with E-state index >= 15 is 0 Å². The molecular formula is C16H25FN4O2S. The van der Waals surface area contributed by atoms with Crippen LogP contribution in [0.1, 0.15) is 41.5 Å². The topological polar surface area (TPSA) is 97.3 Å². The van der Waals surface area contributed by atoms with Crippen LogP contribution in [0.25, 0.3) is 0 Å². The number of nitrogens with zero attached hydrogens (tertiary/aromatic N) is 2. The maximum atomic E-state index is 14.0. The number of nitrogens with two attached hydrogens (primary N) is 1. The molecular weight excluding hydrogens is 331 g/mol. The molecule has 0 saturated carbocycles. The highest BCUT2D eigenvalue weighted by Gasteiger charge is 2.25. The third kappa shape index (κ3) is 5.61. The second-order valence-electron chi connectivity index (χ2n) is 4.99. The van der Waals surface area contributed by atoms with Gasteiger partial charge in [-0.05, 0) is 49.6 Å². The first-order valence-electron chi connectivity index (χ1n) is 7.19. The monoisotopic (exact) mass is 356 g/mol. The predicted molar refractivity (Wildman–Crippen MR) is 98.7 cm³/mol. The molecule has 1 aromatic carbocycles. The zero-order valence-corrected chi connectivity index (χ0v) is 15.5. The van der Waals surface area contributed by atoms with Crippen molar-refractivity contribution in [3.63, 3.8) is 0 Å². The number of aryl methyl sites for hydroxylation is 1. The fourth-order valence-electron chi connectivity index (χ4n) is 2.14. The number of thiol groups is 1. The maximum Gasteiger partial charge on any atom is 0.434 e. The SMILES string of the molecule is C=NC.CS.Cc1ccc(F)c(C(C)C(N)c2n[nH]c(=O)o2)c1C. The molecule has 0 saturated heterocycles. The van der Waals surface area contributed by atoms with Crippen LogP contribution in [0.5, 0.6) is 0 Å². The van der Waals surface area contributed by atoms with E-state index in [2.05, 4.69) is 34.5 Å². The van der Waals surface area contributed by atoms with Crippen molar-refractivity contribution >= 4 is 19.3 Å². The number of hydrogen-bond acceptors (Lipinski definition) is 6. The largest absolute Gasteiger partial charge is 0.434 e. The summed E-state index contributed by atoms with van der Waals surface area (Å²) in [5.41, 5.74) is 8.35. The Kier molecular flexibility index (Phi) is 9.91. The van der Waals surface area contributed by atoms with Gasteiger partial charge in [-0.15, -0.1) is 5.10 Å². The van der Waals surface area contributed by atoms with Crippen molar-refractivity contribution in [2.75, 3.05) is 13.3 Å². The Bertz CT molecular complexity index is 700. The molecule has 0 aliphatic heterocycles. The number of nitrogens with one attached hydrogen (secondary N) is 1. The smallest absolute Gasteiger partial charge is 0.391 e. The molecule has 8 heteroatoms. The summed E-state index contributed by atoms with van der Waals surface area (Å²) in [7, 11) is 1.64. The predicted octanol–water partition coefficient (Wildman–Crippen LogP) is 2.79. The van der Waals surface area contributed by atoms with Crippen molar-refractivity contribution < 1.29 is 8.81 Å². The summed E-state index contributed by atoms with van der Waals surface area (Å²) in [6.45, 7) is 8.65. The Labute approximate surface area is 146 Å². The first-order valence-corrected chi connectivity index (χ1v) is 8.09. The average molecular weight is 356 g/mol. The molecule has 0 bridgehead atoms. The van der Waals surface area contributed by atoms with Gasteiger partial charge in [-0.1, -0.05) is 13.0 Å². The van der Waals surface area contributed by atoms with E-state index in [0.717, 1.165) is 11.1 Å². The van der Waals surface area contributed by atoms with Gasteiger partial charge in [0.1, 0.15) is 5.82 Å². The van der Waals surface area contributed by atoms with Gasteiger partial charge in [0, 0.05) is 13.0 Å². The summed E-state index contributed by atoms with van der Waals surface area (Å²) in [5.74, 6) is -1.26. The number of benzene rings is 1. The van der Waals surface area contributed by atoms with Gasteiger partial charge in [-0.25, -0.2) is 14.3 Å². The van der Waals surface area contributed by atoms with Gasteiger partial charge < -0.3 is 15.1 Å². The maximum absolute atomic E-state index is 14.0. The number of rotatable bonds is 3. The van der Waals surface area contributed by atoms with Crippen molar-refractivity contribution in [3.8, 4) is 0 Å². The summed E-state index contributed by atoms with van der Waals surface area (Å²) in [5, 5.41) is 5.84. The minimum Gasteiger partial charge on any atom is -0.391 e. The normalized spacial score (nSPS) is 12.2. The van der Waals surface area contributed by atoms with Crippen LogP contribution >= 0.6 is 12.6 Å². The van der Waals surface area contributed by atoms with Crippen LogP contribution in [-0.2, 0) is 0 Å². The van der Waals surface area contributed by atoms with Crippen molar-refractivity contribution in [2.24, 2.45) is 10.7 Å². The van der Waals surface area contributed by atoms with Crippen LogP contribution in [-0.4, -0.2) is 30.2 Å². The van der Waals surface area contributed by atoms with Crippen molar-refractivity contribution in [3.05, 3.63) is 51.1 Å². The Balaban J connectivity index is 0.000000952. The van der Waals surface area contributed by atoms with E-state index in [-0.39, 0.29) is 17.6 Å². The summed E-state index contributed by atoms with van der Waals surface area (Å²) in [6.07, 6.45) is 1.69. The minimum absolute atomic E-state index is 0.0813. The number of aromatic nitrogens is 2. The second-order valence-corrected chi connectivity index (χ2v) is 4.99. The molecule has 134 valence electrons. The Morgan fingerprint density at radius 1 is 1.42 bits per heavy atom. The number of halogens is 1. The number of H-pyrrole nitrogens is 1. The molecule has 0 fully saturated rings. The quantitative estimate of drug-likeness (QED) is 0.582. The molecule has 0 radical (unpaired) electrons. The first kappa shape index (κ1) is 22.1.